The van der Waals surface area contributed by atoms with Crippen LogP contribution < -0.4 is 15.0 Å². The molecule has 1 aliphatic heterocycles. The van der Waals surface area contributed by atoms with Gasteiger partial charge in [0.2, 0.25) is 5.88 Å². The minimum atomic E-state index is -2.16. The molecule has 2 amide bonds. The van der Waals surface area contributed by atoms with Crippen molar-refractivity contribution < 1.29 is 24.2 Å². The summed E-state index contributed by atoms with van der Waals surface area (Å²) in [6.45, 7) is 3.42. The number of carbonyl (C=O) groups is 2. The number of methoxy groups -OCH3 is 1. The molecule has 12 heteroatoms. The fourth-order valence-corrected chi connectivity index (χ4v) is 4.42. The van der Waals surface area contributed by atoms with Gasteiger partial charge in [-0.3, -0.25) is 14.5 Å². The van der Waals surface area contributed by atoms with E-state index in [-0.39, 0.29) is 13.2 Å². The Morgan fingerprint density at radius 2 is 2.14 bits per heavy atom. The van der Waals surface area contributed by atoms with Gasteiger partial charge >= 0.3 is 0 Å². The van der Waals surface area contributed by atoms with Crippen LogP contribution in [-0.2, 0) is 14.3 Å². The molecule has 5 rings (SSSR count). The second-order valence-electron chi connectivity index (χ2n) is 8.84. The summed E-state index contributed by atoms with van der Waals surface area (Å²) in [5, 5.41) is 19.6. The standard InChI is InChI=1S/C25H25ClN6O5/c1-14-21(26)17-12-15(4-5-18(17)28-14)29-24(34)25(2,35)22-23(33)31(10-11-37-22)19-7-9-32(30-19)16-6-8-27-20(13-16)36-3/h4-9,12-13,22,28,35H,10-11H2,1-3H3,(H,29,34)/t22-,25+/m0/s1. The maximum Gasteiger partial charge on any atom is 0.260 e. The van der Waals surface area contributed by atoms with Crippen LogP contribution in [0.15, 0.2) is 48.8 Å². The minimum absolute atomic E-state index is 0.111. The molecule has 3 N–H and O–H groups in total. The highest BCUT2D eigenvalue weighted by Crippen LogP contribution is 2.30. The fourth-order valence-electron chi connectivity index (χ4n) is 4.22. The number of halogens is 1. The number of benzene rings is 1. The second kappa shape index (κ2) is 9.51. The Morgan fingerprint density at radius 1 is 1.32 bits per heavy atom. The van der Waals surface area contributed by atoms with E-state index in [9.17, 15) is 14.7 Å². The molecule has 0 unspecified atom stereocenters. The first-order chi connectivity index (χ1) is 17.7. The molecule has 1 fully saturated rings. The van der Waals surface area contributed by atoms with Crippen LogP contribution in [-0.4, -0.2) is 68.6 Å². The quantitative estimate of drug-likeness (QED) is 0.353. The highest BCUT2D eigenvalue weighted by atomic mass is 35.5. The number of nitrogens with zero attached hydrogens (tertiary/aromatic N) is 4. The van der Waals surface area contributed by atoms with E-state index in [1.54, 1.807) is 53.5 Å². The lowest BCUT2D eigenvalue weighted by Gasteiger charge is -2.37. The van der Waals surface area contributed by atoms with E-state index >= 15 is 0 Å². The van der Waals surface area contributed by atoms with E-state index in [1.165, 1.54) is 18.9 Å². The molecule has 0 aliphatic carbocycles. The van der Waals surface area contributed by atoms with Crippen LogP contribution in [0.3, 0.4) is 0 Å². The zero-order chi connectivity index (χ0) is 26.3. The molecular formula is C25H25ClN6O5. The van der Waals surface area contributed by atoms with Gasteiger partial charge < -0.3 is 24.9 Å². The number of aromatic amines is 1. The van der Waals surface area contributed by atoms with Gasteiger partial charge in [0.1, 0.15) is 0 Å². The van der Waals surface area contributed by atoms with Crippen LogP contribution in [0.25, 0.3) is 16.6 Å². The highest BCUT2D eigenvalue weighted by molar-refractivity contribution is 6.36. The van der Waals surface area contributed by atoms with Crippen LogP contribution in [0.5, 0.6) is 5.88 Å². The molecule has 1 saturated heterocycles. The zero-order valence-electron chi connectivity index (χ0n) is 20.4. The van der Waals surface area contributed by atoms with Crippen molar-refractivity contribution in [2.24, 2.45) is 0 Å². The first-order valence-corrected chi connectivity index (χ1v) is 11.9. The summed E-state index contributed by atoms with van der Waals surface area (Å²) in [7, 11) is 1.52. The third-order valence-electron chi connectivity index (χ3n) is 6.27. The number of anilines is 2. The number of ether oxygens (including phenoxy) is 2. The van der Waals surface area contributed by atoms with Gasteiger partial charge in [0.25, 0.3) is 11.8 Å². The van der Waals surface area contributed by atoms with Crippen molar-refractivity contribution in [1.29, 1.82) is 0 Å². The molecule has 0 saturated carbocycles. The molecule has 1 aromatic carbocycles. The maximum absolute atomic E-state index is 13.4. The minimum Gasteiger partial charge on any atom is -0.481 e. The molecule has 0 spiro atoms. The molecule has 0 bridgehead atoms. The Labute approximate surface area is 216 Å². The zero-order valence-corrected chi connectivity index (χ0v) is 21.1. The number of pyridine rings is 1. The summed E-state index contributed by atoms with van der Waals surface area (Å²) < 4.78 is 12.3. The average molecular weight is 525 g/mol. The number of aryl methyl sites for hydroxylation is 1. The number of carbonyl (C=O) groups excluding carboxylic acids is 2. The molecule has 4 aromatic rings. The Balaban J connectivity index is 1.34. The normalized spacial score (nSPS) is 17.6. The number of hydrogen-bond donors (Lipinski definition) is 3. The van der Waals surface area contributed by atoms with Gasteiger partial charge in [-0.25, -0.2) is 9.67 Å². The molecular weight excluding hydrogens is 500 g/mol. The second-order valence-corrected chi connectivity index (χ2v) is 9.22. The smallest absolute Gasteiger partial charge is 0.260 e. The van der Waals surface area contributed by atoms with Crippen LogP contribution in [0.4, 0.5) is 11.5 Å². The molecule has 2 atom stereocenters. The number of H-pyrrole nitrogens is 1. The van der Waals surface area contributed by atoms with E-state index in [4.69, 9.17) is 21.1 Å². The summed E-state index contributed by atoms with van der Waals surface area (Å²) in [5.41, 5.74) is 0.572. The molecule has 1 aliphatic rings. The van der Waals surface area contributed by atoms with Crippen LogP contribution in [0, 0.1) is 6.92 Å². The first-order valence-electron chi connectivity index (χ1n) is 11.5. The third-order valence-corrected chi connectivity index (χ3v) is 6.76. The fraction of sp³-hybridized carbons (Fsp3) is 0.280. The number of amides is 2. The number of aromatic nitrogens is 4. The number of rotatable bonds is 6. The van der Waals surface area contributed by atoms with E-state index in [2.05, 4.69) is 20.4 Å². The Hall–Kier alpha value is -3.93. The Kier molecular flexibility index (Phi) is 6.36. The number of aliphatic hydroxyl groups is 1. The number of fused-ring (bicyclic) bond motifs is 1. The largest absolute Gasteiger partial charge is 0.481 e. The van der Waals surface area contributed by atoms with Crippen LogP contribution >= 0.6 is 11.6 Å². The van der Waals surface area contributed by atoms with Crippen molar-refractivity contribution >= 4 is 45.8 Å². The molecule has 192 valence electrons. The van der Waals surface area contributed by atoms with Crippen LogP contribution in [0.2, 0.25) is 5.02 Å². The monoisotopic (exact) mass is 524 g/mol. The SMILES string of the molecule is COc1cc(-n2ccc(N3CCO[C@H]([C@@](C)(O)C(=O)Nc4ccc5[nH]c(C)c(Cl)c5c4)C3=O)n2)ccn1. The first kappa shape index (κ1) is 24.8. The molecule has 4 heterocycles. The van der Waals surface area contributed by atoms with Crippen molar-refractivity contribution in [3.05, 3.63) is 59.5 Å². The lowest BCUT2D eigenvalue weighted by Crippen LogP contribution is -2.61. The summed E-state index contributed by atoms with van der Waals surface area (Å²) in [4.78, 5) is 35.1. The summed E-state index contributed by atoms with van der Waals surface area (Å²) in [6, 6.07) is 10.3. The molecule has 3 aromatic heterocycles. The topological polar surface area (TPSA) is 135 Å². The predicted molar refractivity (Wildman–Crippen MR) is 137 cm³/mol. The van der Waals surface area contributed by atoms with Gasteiger partial charge in [0.15, 0.2) is 17.5 Å². The Bertz CT molecular complexity index is 1500. The predicted octanol–water partition coefficient (Wildman–Crippen LogP) is 2.84. The highest BCUT2D eigenvalue weighted by Gasteiger charge is 2.48. The van der Waals surface area contributed by atoms with Crippen molar-refractivity contribution in [2.75, 3.05) is 30.5 Å². The summed E-state index contributed by atoms with van der Waals surface area (Å²) in [5.74, 6) is -0.589. The van der Waals surface area contributed by atoms with Gasteiger partial charge in [-0.1, -0.05) is 11.6 Å². The van der Waals surface area contributed by atoms with Gasteiger partial charge in [-0.2, -0.15) is 0 Å². The molecule has 11 nitrogen and oxygen atoms in total. The average Bonchev–Trinajstić information content (AvgIpc) is 3.49. The van der Waals surface area contributed by atoms with Gasteiger partial charge in [0, 0.05) is 46.8 Å². The van der Waals surface area contributed by atoms with Crippen molar-refractivity contribution in [3.63, 3.8) is 0 Å². The lowest BCUT2D eigenvalue weighted by atomic mass is 9.95. The lowest BCUT2D eigenvalue weighted by molar-refractivity contribution is -0.165. The van der Waals surface area contributed by atoms with E-state index < -0.39 is 23.5 Å². The van der Waals surface area contributed by atoms with E-state index in [0.717, 1.165) is 16.6 Å². The van der Waals surface area contributed by atoms with Gasteiger partial charge in [-0.05, 0) is 38.1 Å². The number of hydrogen-bond acceptors (Lipinski definition) is 7. The third kappa shape index (κ3) is 4.52. The summed E-state index contributed by atoms with van der Waals surface area (Å²) in [6.07, 6.45) is 1.84. The van der Waals surface area contributed by atoms with Crippen LogP contribution in [0.1, 0.15) is 12.6 Å². The maximum atomic E-state index is 13.4. The molecule has 0 radical (unpaired) electrons. The van der Waals surface area contributed by atoms with Gasteiger partial charge in [0.05, 0.1) is 31.0 Å². The Morgan fingerprint density at radius 3 is 2.92 bits per heavy atom. The van der Waals surface area contributed by atoms with E-state index in [1.807, 2.05) is 6.92 Å². The number of nitrogens with one attached hydrogen (secondary N) is 2. The van der Waals surface area contributed by atoms with Crippen molar-refractivity contribution in [2.45, 2.75) is 25.6 Å². The van der Waals surface area contributed by atoms with E-state index in [0.29, 0.717) is 28.1 Å². The van der Waals surface area contributed by atoms with Gasteiger partial charge in [-0.15, -0.1) is 5.10 Å². The molecule has 37 heavy (non-hydrogen) atoms. The summed E-state index contributed by atoms with van der Waals surface area (Å²) >= 11 is 6.33. The van der Waals surface area contributed by atoms with Crippen molar-refractivity contribution in [1.82, 2.24) is 19.7 Å². The van der Waals surface area contributed by atoms with Crippen molar-refractivity contribution in [3.8, 4) is 11.6 Å². The number of morpholine rings is 1.